The van der Waals surface area contributed by atoms with E-state index in [4.69, 9.17) is 23.2 Å². The first-order valence-corrected chi connectivity index (χ1v) is 11.7. The maximum Gasteiger partial charge on any atom is 0.263 e. The van der Waals surface area contributed by atoms with Crippen LogP contribution in [0.5, 0.6) is 0 Å². The molecule has 4 rings (SSSR count). The first kappa shape index (κ1) is 20.2. The van der Waals surface area contributed by atoms with Crippen molar-refractivity contribution < 1.29 is 14.6 Å². The van der Waals surface area contributed by atoms with Gasteiger partial charge in [-0.3, -0.25) is 9.52 Å². The molecule has 10 heteroatoms. The molecular weight excluding hydrogens is 453 g/mol. The van der Waals surface area contributed by atoms with E-state index < -0.39 is 10.0 Å². The fourth-order valence-electron chi connectivity index (χ4n) is 3.22. The van der Waals surface area contributed by atoms with E-state index in [0.717, 1.165) is 11.1 Å². The number of benzene rings is 2. The number of carbonyl (C=O) groups excluding carboxylic acids is 1. The Hall–Kier alpha value is -2.13. The average molecular weight is 470 g/mol. The van der Waals surface area contributed by atoms with Gasteiger partial charge in [0, 0.05) is 24.6 Å². The topological polar surface area (TPSA) is 88.2 Å². The minimum absolute atomic E-state index is 0. The highest BCUT2D eigenvalue weighted by Crippen LogP contribution is 2.27. The monoisotopic (exact) mass is 469 g/mol. The first-order chi connectivity index (χ1) is 13.8. The normalized spacial score (nSPS) is 15.7. The minimum atomic E-state index is -3.71. The van der Waals surface area contributed by atoms with Crippen LogP contribution in [0.1, 0.15) is 22.9 Å². The van der Waals surface area contributed by atoms with Gasteiger partial charge in [-0.05, 0) is 54.3 Å². The Kier molecular flexibility index (Phi) is 5.52. The second-order valence-corrected chi connectivity index (χ2v) is 9.97. The number of nitrogens with zero attached hydrogens (tertiary/aromatic N) is 1. The van der Waals surface area contributed by atoms with Crippen LogP contribution in [-0.4, -0.2) is 25.4 Å². The summed E-state index contributed by atoms with van der Waals surface area (Å²) >= 11 is 13.1. The largest absolute Gasteiger partial charge is 0.349 e. The van der Waals surface area contributed by atoms with Crippen molar-refractivity contribution in [1.82, 2.24) is 10.3 Å². The van der Waals surface area contributed by atoms with Crippen molar-refractivity contribution in [2.24, 2.45) is 0 Å². The third kappa shape index (κ3) is 4.40. The van der Waals surface area contributed by atoms with Crippen molar-refractivity contribution in [3.8, 4) is 0 Å². The molecule has 0 fully saturated rings. The van der Waals surface area contributed by atoms with E-state index >= 15 is 0 Å². The van der Waals surface area contributed by atoms with Gasteiger partial charge in [-0.15, -0.1) is 11.3 Å². The standard InChI is InChI=1S/C19H15Cl2N3O3S2.H2/c20-16-4-2-12(10-17(16)21)18(25)23-14-7-11-1-3-15(9-13(11)8-14)29(26,27)24-19-22-5-6-28-19;/h1-6,9-10,14H,7-8H2,(H,22,24)(H,23,25);1H. The number of halogens is 2. The summed E-state index contributed by atoms with van der Waals surface area (Å²) in [6, 6.07) is 9.59. The number of nitrogens with one attached hydrogen (secondary N) is 2. The van der Waals surface area contributed by atoms with Gasteiger partial charge < -0.3 is 5.32 Å². The summed E-state index contributed by atoms with van der Waals surface area (Å²) in [5.74, 6) is -0.250. The zero-order chi connectivity index (χ0) is 20.6. The van der Waals surface area contributed by atoms with E-state index in [9.17, 15) is 13.2 Å². The van der Waals surface area contributed by atoms with Crippen molar-refractivity contribution in [3.63, 3.8) is 0 Å². The summed E-state index contributed by atoms with van der Waals surface area (Å²) in [5, 5.41) is 5.68. The molecule has 1 unspecified atom stereocenters. The second-order valence-electron chi connectivity index (χ2n) is 6.58. The Morgan fingerprint density at radius 2 is 1.90 bits per heavy atom. The molecule has 1 aliphatic carbocycles. The molecule has 0 bridgehead atoms. The number of hydrogen-bond acceptors (Lipinski definition) is 5. The van der Waals surface area contributed by atoms with E-state index in [-0.39, 0.29) is 18.3 Å². The highest BCUT2D eigenvalue weighted by atomic mass is 35.5. The van der Waals surface area contributed by atoms with Gasteiger partial charge >= 0.3 is 0 Å². The minimum Gasteiger partial charge on any atom is -0.349 e. The zero-order valence-electron chi connectivity index (χ0n) is 14.9. The average Bonchev–Trinajstić information content (AvgIpc) is 3.31. The molecule has 0 saturated carbocycles. The maximum atomic E-state index is 12.6. The molecule has 1 aromatic heterocycles. The number of aromatic nitrogens is 1. The lowest BCUT2D eigenvalue weighted by Crippen LogP contribution is -2.35. The molecule has 1 aliphatic rings. The summed E-state index contributed by atoms with van der Waals surface area (Å²) in [6.07, 6.45) is 2.71. The first-order valence-electron chi connectivity index (χ1n) is 8.62. The molecule has 6 nitrogen and oxygen atoms in total. The van der Waals surface area contributed by atoms with Gasteiger partial charge in [0.25, 0.3) is 15.9 Å². The van der Waals surface area contributed by atoms with Crippen LogP contribution in [0, 0.1) is 0 Å². The molecule has 1 heterocycles. The molecule has 0 aliphatic heterocycles. The van der Waals surface area contributed by atoms with Gasteiger partial charge in [0.1, 0.15) is 0 Å². The molecule has 2 aromatic carbocycles. The fourth-order valence-corrected chi connectivity index (χ4v) is 5.35. The summed E-state index contributed by atoms with van der Waals surface area (Å²) in [7, 11) is -3.71. The van der Waals surface area contributed by atoms with Gasteiger partial charge in [-0.1, -0.05) is 29.3 Å². The van der Waals surface area contributed by atoms with Crippen LogP contribution < -0.4 is 10.0 Å². The fraction of sp³-hybridized carbons (Fsp3) is 0.158. The van der Waals surface area contributed by atoms with Gasteiger partial charge in [-0.25, -0.2) is 13.4 Å². The Bertz CT molecular complexity index is 1190. The molecule has 152 valence electrons. The molecular formula is C19H17Cl2N3O3S2. The quantitative estimate of drug-likeness (QED) is 0.579. The lowest BCUT2D eigenvalue weighted by molar-refractivity contribution is 0.0938. The van der Waals surface area contributed by atoms with Crippen molar-refractivity contribution in [2.75, 3.05) is 4.72 Å². The van der Waals surface area contributed by atoms with Crippen molar-refractivity contribution in [1.29, 1.82) is 0 Å². The summed E-state index contributed by atoms with van der Waals surface area (Å²) in [6.45, 7) is 0. The lowest BCUT2D eigenvalue weighted by atomic mass is 10.1. The summed E-state index contributed by atoms with van der Waals surface area (Å²) in [4.78, 5) is 16.6. The van der Waals surface area contributed by atoms with Gasteiger partial charge in [0.05, 0.1) is 14.9 Å². The molecule has 29 heavy (non-hydrogen) atoms. The molecule has 0 spiro atoms. The van der Waals surface area contributed by atoms with E-state index in [1.54, 1.807) is 35.7 Å². The summed E-state index contributed by atoms with van der Waals surface area (Å²) in [5.41, 5.74) is 2.33. The Balaban J connectivity index is 0.00000256. The number of hydrogen-bond donors (Lipinski definition) is 2. The zero-order valence-corrected chi connectivity index (χ0v) is 18.0. The van der Waals surface area contributed by atoms with Crippen LogP contribution in [-0.2, 0) is 22.9 Å². The maximum absolute atomic E-state index is 12.6. The highest BCUT2D eigenvalue weighted by molar-refractivity contribution is 7.93. The van der Waals surface area contributed by atoms with E-state index in [1.807, 2.05) is 0 Å². The van der Waals surface area contributed by atoms with Crippen molar-refractivity contribution >= 4 is 55.6 Å². The molecule has 1 amide bonds. The highest BCUT2D eigenvalue weighted by Gasteiger charge is 2.26. The van der Waals surface area contributed by atoms with E-state index in [2.05, 4.69) is 15.0 Å². The van der Waals surface area contributed by atoms with Crippen LogP contribution in [0.4, 0.5) is 5.13 Å². The molecule has 0 saturated heterocycles. The van der Waals surface area contributed by atoms with Crippen LogP contribution >= 0.6 is 34.5 Å². The number of sulfonamides is 1. The molecule has 3 aromatic rings. The van der Waals surface area contributed by atoms with Gasteiger partial charge in [-0.2, -0.15) is 0 Å². The van der Waals surface area contributed by atoms with Gasteiger partial charge in [0.15, 0.2) is 5.13 Å². The van der Waals surface area contributed by atoms with Crippen LogP contribution in [0.25, 0.3) is 0 Å². The number of rotatable bonds is 5. The third-order valence-electron chi connectivity index (χ3n) is 4.59. The van der Waals surface area contributed by atoms with Crippen LogP contribution in [0.2, 0.25) is 10.0 Å². The Morgan fingerprint density at radius 1 is 1.10 bits per heavy atom. The predicted octanol–water partition coefficient (Wildman–Crippen LogP) is 4.39. The smallest absolute Gasteiger partial charge is 0.263 e. The summed E-state index contributed by atoms with van der Waals surface area (Å²) < 4.78 is 27.6. The van der Waals surface area contributed by atoms with Crippen molar-refractivity contribution in [3.05, 3.63) is 74.7 Å². The van der Waals surface area contributed by atoms with Crippen molar-refractivity contribution in [2.45, 2.75) is 23.8 Å². The van der Waals surface area contributed by atoms with Crippen LogP contribution in [0.3, 0.4) is 0 Å². The number of anilines is 1. The number of amides is 1. The molecule has 2 N–H and O–H groups in total. The number of fused-ring (bicyclic) bond motifs is 1. The Labute approximate surface area is 183 Å². The van der Waals surface area contributed by atoms with Crippen LogP contribution in [0.15, 0.2) is 52.9 Å². The van der Waals surface area contributed by atoms with E-state index in [1.165, 1.54) is 23.6 Å². The second kappa shape index (κ2) is 7.95. The molecule has 0 radical (unpaired) electrons. The SMILES string of the molecule is O=C(NC1Cc2ccc(S(=O)(=O)Nc3nccs3)cc2C1)c1ccc(Cl)c(Cl)c1.[HH]. The predicted molar refractivity (Wildman–Crippen MR) is 117 cm³/mol. The van der Waals surface area contributed by atoms with Gasteiger partial charge in [0.2, 0.25) is 0 Å². The Morgan fingerprint density at radius 3 is 2.62 bits per heavy atom. The lowest BCUT2D eigenvalue weighted by Gasteiger charge is -2.12. The number of carbonyl (C=O) groups is 1. The third-order valence-corrected chi connectivity index (χ3v) is 7.49. The number of thiazole rings is 1. The van der Waals surface area contributed by atoms with E-state index in [0.29, 0.717) is 33.6 Å². The molecule has 1 atom stereocenters.